The van der Waals surface area contributed by atoms with E-state index in [4.69, 9.17) is 0 Å². The summed E-state index contributed by atoms with van der Waals surface area (Å²) in [5, 5.41) is 3.04. The molecule has 1 fully saturated rings. The Hall–Kier alpha value is -3.11. The predicted octanol–water partition coefficient (Wildman–Crippen LogP) is 5.55. The molecule has 1 unspecified atom stereocenters. The Morgan fingerprint density at radius 3 is 2.19 bits per heavy atom. The fourth-order valence-electron chi connectivity index (χ4n) is 4.34. The third-order valence-corrected chi connectivity index (χ3v) is 6.11. The van der Waals surface area contributed by atoms with Gasteiger partial charge in [0.1, 0.15) is 0 Å². The number of urea groups is 1. The lowest BCUT2D eigenvalue weighted by Crippen LogP contribution is -2.51. The lowest BCUT2D eigenvalue weighted by molar-refractivity contribution is 0.126. The largest absolute Gasteiger partial charge is 0.322 e. The van der Waals surface area contributed by atoms with E-state index < -0.39 is 0 Å². The molecule has 1 atom stereocenters. The van der Waals surface area contributed by atoms with Gasteiger partial charge >= 0.3 is 6.03 Å². The van der Waals surface area contributed by atoms with Crippen LogP contribution >= 0.6 is 0 Å². The van der Waals surface area contributed by atoms with Crippen LogP contribution < -0.4 is 5.32 Å². The summed E-state index contributed by atoms with van der Waals surface area (Å²) in [6, 6.07) is 25.6. The van der Waals surface area contributed by atoms with Crippen LogP contribution in [0.15, 0.2) is 72.8 Å². The number of amides is 2. The number of piperazine rings is 1. The lowest BCUT2D eigenvalue weighted by Gasteiger charge is -2.40. The monoisotopic (exact) mass is 413 g/mol. The van der Waals surface area contributed by atoms with Crippen LogP contribution in [0.2, 0.25) is 0 Å². The average molecular weight is 414 g/mol. The molecule has 0 aliphatic carbocycles. The molecular formula is C27H31N3O. The van der Waals surface area contributed by atoms with E-state index in [0.717, 1.165) is 24.3 Å². The zero-order valence-corrected chi connectivity index (χ0v) is 18.6. The highest BCUT2D eigenvalue weighted by molar-refractivity contribution is 5.89. The molecule has 1 saturated heterocycles. The van der Waals surface area contributed by atoms with E-state index in [1.165, 1.54) is 22.3 Å². The molecule has 4 rings (SSSR count). The molecule has 1 heterocycles. The maximum Gasteiger partial charge on any atom is 0.321 e. The van der Waals surface area contributed by atoms with Crippen LogP contribution in [0.1, 0.15) is 33.9 Å². The maximum absolute atomic E-state index is 12.8. The van der Waals surface area contributed by atoms with Crippen molar-refractivity contribution in [1.82, 2.24) is 9.80 Å². The Kier molecular flexibility index (Phi) is 6.38. The van der Waals surface area contributed by atoms with Crippen molar-refractivity contribution in [3.8, 4) is 0 Å². The van der Waals surface area contributed by atoms with Gasteiger partial charge in [0.2, 0.25) is 0 Å². The van der Waals surface area contributed by atoms with Gasteiger partial charge in [-0.1, -0.05) is 66.2 Å². The number of anilines is 1. The summed E-state index contributed by atoms with van der Waals surface area (Å²) in [6.45, 7) is 9.45. The van der Waals surface area contributed by atoms with Crippen molar-refractivity contribution in [1.29, 1.82) is 0 Å². The summed E-state index contributed by atoms with van der Waals surface area (Å²) in [5.41, 5.74) is 7.20. The second-order valence-corrected chi connectivity index (χ2v) is 8.49. The molecule has 1 aliphatic heterocycles. The molecule has 0 bridgehead atoms. The second kappa shape index (κ2) is 9.36. The van der Waals surface area contributed by atoms with Gasteiger partial charge in [-0.05, 0) is 55.2 Å². The second-order valence-electron chi connectivity index (χ2n) is 8.49. The minimum atomic E-state index is -0.0203. The number of nitrogens with one attached hydrogen (secondary N) is 1. The van der Waals surface area contributed by atoms with Crippen molar-refractivity contribution < 1.29 is 4.79 Å². The minimum absolute atomic E-state index is 0.0203. The summed E-state index contributed by atoms with van der Waals surface area (Å²) in [6.07, 6.45) is 0. The Labute approximate surface area is 185 Å². The first kappa shape index (κ1) is 21.1. The van der Waals surface area contributed by atoms with Gasteiger partial charge < -0.3 is 10.2 Å². The summed E-state index contributed by atoms with van der Waals surface area (Å²) in [5.74, 6) is 0. The summed E-state index contributed by atoms with van der Waals surface area (Å²) in [4.78, 5) is 17.2. The van der Waals surface area contributed by atoms with Crippen molar-refractivity contribution in [2.45, 2.75) is 26.8 Å². The molecule has 4 heteroatoms. The fraction of sp³-hybridized carbons (Fsp3) is 0.296. The molecule has 0 saturated carbocycles. The van der Waals surface area contributed by atoms with E-state index in [9.17, 15) is 4.79 Å². The third kappa shape index (κ3) is 4.97. The smallest absolute Gasteiger partial charge is 0.321 e. The number of nitrogens with zero attached hydrogens (tertiary/aromatic N) is 2. The number of hydrogen-bond acceptors (Lipinski definition) is 2. The Bertz CT molecular complexity index is 1040. The molecule has 160 valence electrons. The normalized spacial score (nSPS) is 15.5. The predicted molar refractivity (Wildman–Crippen MR) is 128 cm³/mol. The highest BCUT2D eigenvalue weighted by atomic mass is 16.2. The maximum atomic E-state index is 12.8. The summed E-state index contributed by atoms with van der Waals surface area (Å²) >= 11 is 0. The Morgan fingerprint density at radius 1 is 0.806 bits per heavy atom. The van der Waals surface area contributed by atoms with Crippen molar-refractivity contribution in [2.24, 2.45) is 0 Å². The molecule has 2 amide bonds. The van der Waals surface area contributed by atoms with E-state index >= 15 is 0 Å². The standard InChI is InChI=1S/C27H31N3O/c1-20-11-13-23(14-12-20)26(25-10-5-4-8-22(25)3)29-15-17-30(18-16-29)27(31)28-24-9-6-7-21(2)19-24/h4-14,19,26H,15-18H2,1-3H3,(H,28,31). The molecule has 1 N–H and O–H groups in total. The molecular weight excluding hydrogens is 382 g/mol. The number of benzene rings is 3. The number of rotatable bonds is 4. The highest BCUT2D eigenvalue weighted by Gasteiger charge is 2.29. The van der Waals surface area contributed by atoms with E-state index in [-0.39, 0.29) is 12.1 Å². The quantitative estimate of drug-likeness (QED) is 0.609. The zero-order valence-electron chi connectivity index (χ0n) is 18.6. The topological polar surface area (TPSA) is 35.6 Å². The van der Waals surface area contributed by atoms with Crippen molar-refractivity contribution in [2.75, 3.05) is 31.5 Å². The van der Waals surface area contributed by atoms with Gasteiger partial charge in [-0.15, -0.1) is 0 Å². The molecule has 3 aromatic rings. The molecule has 4 nitrogen and oxygen atoms in total. The molecule has 0 radical (unpaired) electrons. The van der Waals surface area contributed by atoms with Crippen molar-refractivity contribution in [3.63, 3.8) is 0 Å². The van der Waals surface area contributed by atoms with E-state index in [1.807, 2.05) is 36.1 Å². The number of carbonyl (C=O) groups excluding carboxylic acids is 1. The van der Waals surface area contributed by atoms with Crippen LogP contribution in [0, 0.1) is 20.8 Å². The average Bonchev–Trinajstić information content (AvgIpc) is 2.77. The minimum Gasteiger partial charge on any atom is -0.322 e. The molecule has 31 heavy (non-hydrogen) atoms. The molecule has 0 spiro atoms. The Morgan fingerprint density at radius 2 is 1.52 bits per heavy atom. The van der Waals surface area contributed by atoms with Gasteiger partial charge in [0.25, 0.3) is 0 Å². The van der Waals surface area contributed by atoms with Gasteiger partial charge in [-0.25, -0.2) is 4.79 Å². The van der Waals surface area contributed by atoms with E-state index in [1.54, 1.807) is 0 Å². The first-order valence-corrected chi connectivity index (χ1v) is 11.0. The van der Waals surface area contributed by atoms with E-state index in [0.29, 0.717) is 13.1 Å². The summed E-state index contributed by atoms with van der Waals surface area (Å²) < 4.78 is 0. The molecule has 3 aromatic carbocycles. The van der Waals surface area contributed by atoms with Crippen molar-refractivity contribution in [3.05, 3.63) is 101 Å². The van der Waals surface area contributed by atoms with Crippen LogP contribution in [0.3, 0.4) is 0 Å². The van der Waals surface area contributed by atoms with E-state index in [2.05, 4.69) is 72.6 Å². The van der Waals surface area contributed by atoms with Gasteiger partial charge in [-0.2, -0.15) is 0 Å². The van der Waals surface area contributed by atoms with Gasteiger partial charge in [-0.3, -0.25) is 4.90 Å². The van der Waals surface area contributed by atoms with Crippen LogP contribution in [0.5, 0.6) is 0 Å². The van der Waals surface area contributed by atoms with Crippen LogP contribution in [-0.2, 0) is 0 Å². The summed E-state index contributed by atoms with van der Waals surface area (Å²) in [7, 11) is 0. The van der Waals surface area contributed by atoms with Crippen molar-refractivity contribution >= 4 is 11.7 Å². The van der Waals surface area contributed by atoms with Crippen LogP contribution in [0.25, 0.3) is 0 Å². The Balaban J connectivity index is 1.49. The van der Waals surface area contributed by atoms with Gasteiger partial charge in [0.15, 0.2) is 0 Å². The number of hydrogen-bond donors (Lipinski definition) is 1. The van der Waals surface area contributed by atoms with Crippen LogP contribution in [0.4, 0.5) is 10.5 Å². The first-order chi connectivity index (χ1) is 15.0. The zero-order chi connectivity index (χ0) is 21.8. The first-order valence-electron chi connectivity index (χ1n) is 11.0. The lowest BCUT2D eigenvalue weighted by atomic mass is 9.92. The molecule has 0 aromatic heterocycles. The number of carbonyl (C=O) groups is 1. The highest BCUT2D eigenvalue weighted by Crippen LogP contribution is 2.32. The van der Waals surface area contributed by atoms with Gasteiger partial charge in [0, 0.05) is 31.9 Å². The third-order valence-electron chi connectivity index (χ3n) is 6.11. The SMILES string of the molecule is Cc1ccc(C(c2ccccc2C)N2CCN(C(=O)Nc3cccc(C)c3)CC2)cc1. The van der Waals surface area contributed by atoms with Crippen LogP contribution in [-0.4, -0.2) is 42.0 Å². The van der Waals surface area contributed by atoms with Gasteiger partial charge in [0.05, 0.1) is 6.04 Å². The number of aryl methyl sites for hydroxylation is 3. The molecule has 1 aliphatic rings. The fourth-order valence-corrected chi connectivity index (χ4v) is 4.34.